The predicted octanol–water partition coefficient (Wildman–Crippen LogP) is 3.09. The van der Waals surface area contributed by atoms with Crippen molar-refractivity contribution in [2.75, 3.05) is 5.43 Å². The maximum absolute atomic E-state index is 11.2. The summed E-state index contributed by atoms with van der Waals surface area (Å²) in [5.41, 5.74) is 5.05. The van der Waals surface area contributed by atoms with Crippen LogP contribution >= 0.6 is 23.2 Å². The zero-order valence-electron chi connectivity index (χ0n) is 11.7. The molecule has 1 heterocycles. The van der Waals surface area contributed by atoms with Gasteiger partial charge in [-0.25, -0.2) is 10.6 Å². The largest absolute Gasteiger partial charge is 0.349 e. The van der Waals surface area contributed by atoms with Gasteiger partial charge in [-0.3, -0.25) is 10.4 Å². The van der Waals surface area contributed by atoms with Gasteiger partial charge in [0.2, 0.25) is 5.95 Å². The van der Waals surface area contributed by atoms with Crippen LogP contribution in [0.2, 0.25) is 10.0 Å². The fourth-order valence-corrected chi connectivity index (χ4v) is 2.46. The van der Waals surface area contributed by atoms with E-state index in [1.807, 2.05) is 0 Å². The van der Waals surface area contributed by atoms with Gasteiger partial charge >= 0.3 is 5.69 Å². The highest BCUT2D eigenvalue weighted by molar-refractivity contribution is 6.35. The second kappa shape index (κ2) is 6.37. The van der Waals surface area contributed by atoms with Crippen LogP contribution in [0.4, 0.5) is 5.95 Å². The number of hydrogen-bond acceptors (Lipinski definition) is 5. The minimum Gasteiger partial charge on any atom is -0.292 e. The van der Waals surface area contributed by atoms with Crippen LogP contribution in [0.1, 0.15) is 0 Å². The molecule has 0 spiro atoms. The zero-order valence-corrected chi connectivity index (χ0v) is 13.2. The van der Waals surface area contributed by atoms with Crippen molar-refractivity contribution in [1.29, 1.82) is 0 Å². The number of nitrogens with zero attached hydrogens (tertiary/aromatic N) is 2. The van der Waals surface area contributed by atoms with Crippen molar-refractivity contribution in [3.8, 4) is 22.5 Å². The van der Waals surface area contributed by atoms with Crippen molar-refractivity contribution in [3.05, 3.63) is 63.0 Å². The minimum atomic E-state index is -0.570. The molecule has 0 saturated heterocycles. The van der Waals surface area contributed by atoms with E-state index in [-0.39, 0.29) is 11.8 Å². The number of nitrogen functional groups attached to an aromatic ring is 1. The first-order chi connectivity index (χ1) is 11.0. The lowest BCUT2D eigenvalue weighted by Gasteiger charge is -2.10. The van der Waals surface area contributed by atoms with E-state index in [0.29, 0.717) is 15.6 Å². The number of aromatic nitrogens is 3. The van der Waals surface area contributed by atoms with E-state index in [1.54, 1.807) is 18.2 Å². The Bertz CT molecular complexity index is 867. The Morgan fingerprint density at radius 2 is 1.48 bits per heavy atom. The molecule has 0 unspecified atom stereocenters. The van der Waals surface area contributed by atoms with Gasteiger partial charge in [-0.15, -0.1) is 0 Å². The van der Waals surface area contributed by atoms with Gasteiger partial charge in [0.05, 0.1) is 0 Å². The molecule has 2 aromatic rings. The average molecular weight is 348 g/mol. The number of aromatic amines is 1. The van der Waals surface area contributed by atoms with Gasteiger partial charge in [0.25, 0.3) is 0 Å². The van der Waals surface area contributed by atoms with Crippen LogP contribution in [-0.2, 0) is 0 Å². The molecule has 23 heavy (non-hydrogen) atoms. The number of hydrogen-bond donors (Lipinski definition) is 3. The van der Waals surface area contributed by atoms with Crippen LogP contribution in [0, 0.1) is 0 Å². The number of anilines is 1. The van der Waals surface area contributed by atoms with Gasteiger partial charge in [-0.1, -0.05) is 47.5 Å². The lowest BCUT2D eigenvalue weighted by Crippen LogP contribution is -2.19. The van der Waals surface area contributed by atoms with E-state index in [1.165, 1.54) is 11.1 Å². The molecule has 0 aliphatic heterocycles. The van der Waals surface area contributed by atoms with Gasteiger partial charge in [-0.2, -0.15) is 9.97 Å². The molecular weight excluding hydrogens is 337 g/mol. The molecule has 4 rings (SSSR count). The van der Waals surface area contributed by atoms with E-state index in [4.69, 9.17) is 29.0 Å². The van der Waals surface area contributed by atoms with E-state index < -0.39 is 5.69 Å². The van der Waals surface area contributed by atoms with Crippen LogP contribution in [0.25, 0.3) is 22.5 Å². The molecule has 0 atom stereocenters. The number of H-pyrrole nitrogens is 1. The van der Waals surface area contributed by atoms with Crippen LogP contribution < -0.4 is 17.0 Å². The molecule has 116 valence electrons. The highest BCUT2D eigenvalue weighted by atomic mass is 35.5. The van der Waals surface area contributed by atoms with E-state index in [9.17, 15) is 4.79 Å². The fraction of sp³-hybridized carbons (Fsp3) is 0. The van der Waals surface area contributed by atoms with E-state index in [2.05, 4.69) is 44.6 Å². The standard InChI is InChI=1S/C9H7Cl2N5O.C6H4/c10-5-1-4(2-6(11)3-5)7-13-8(16-12)15-9(17)14-7;1-2-6-4-3-5(1)6/h1-3H,12H2,(H2,13,14,15,16,17);1-4H. The number of fused-ring (bicyclic) bond motifs is 1. The number of benzene rings is 2. The molecule has 6 nitrogen and oxygen atoms in total. The van der Waals surface area contributed by atoms with E-state index in [0.717, 1.165) is 0 Å². The van der Waals surface area contributed by atoms with Gasteiger partial charge in [-0.05, 0) is 29.3 Å². The molecule has 2 aliphatic rings. The number of rotatable bonds is 2. The van der Waals surface area contributed by atoms with Crippen molar-refractivity contribution in [2.45, 2.75) is 0 Å². The first kappa shape index (κ1) is 15.5. The van der Waals surface area contributed by atoms with Crippen molar-refractivity contribution in [3.63, 3.8) is 0 Å². The molecule has 4 N–H and O–H groups in total. The number of halogens is 2. The quantitative estimate of drug-likeness (QED) is 0.382. The molecule has 0 bridgehead atoms. The SMILES string of the molecule is NNc1nc(-c2cc(Cl)cc(Cl)c2)[nH]c(=O)n1.c1cc2ccc1-2. The summed E-state index contributed by atoms with van der Waals surface area (Å²) in [7, 11) is 0. The number of nitrogens with one attached hydrogen (secondary N) is 2. The average Bonchev–Trinajstić information content (AvgIpc) is 2.50. The van der Waals surface area contributed by atoms with Crippen LogP contribution in [0.15, 0.2) is 47.3 Å². The first-order valence-corrected chi connectivity index (χ1v) is 7.32. The Morgan fingerprint density at radius 1 is 0.913 bits per heavy atom. The Hall–Kier alpha value is -2.41. The lowest BCUT2D eigenvalue weighted by molar-refractivity contribution is 0.985. The van der Waals surface area contributed by atoms with Gasteiger partial charge in [0.1, 0.15) is 5.82 Å². The second-order valence-electron chi connectivity index (χ2n) is 4.71. The summed E-state index contributed by atoms with van der Waals surface area (Å²) in [6, 6.07) is 13.3. The minimum absolute atomic E-state index is 0.0137. The van der Waals surface area contributed by atoms with Gasteiger partial charge in [0, 0.05) is 15.6 Å². The second-order valence-corrected chi connectivity index (χ2v) is 5.58. The van der Waals surface area contributed by atoms with Crippen LogP contribution in [0.5, 0.6) is 0 Å². The molecular formula is C15H11Cl2N5O. The van der Waals surface area contributed by atoms with Crippen molar-refractivity contribution in [2.24, 2.45) is 5.84 Å². The molecule has 2 aliphatic carbocycles. The Labute approximate surface area is 141 Å². The molecule has 1 aromatic heterocycles. The molecule has 0 amide bonds. The predicted molar refractivity (Wildman–Crippen MR) is 91.4 cm³/mol. The molecule has 8 heteroatoms. The third-order valence-corrected chi connectivity index (χ3v) is 3.57. The molecule has 1 aromatic carbocycles. The smallest absolute Gasteiger partial charge is 0.292 e. The van der Waals surface area contributed by atoms with Crippen LogP contribution in [0.3, 0.4) is 0 Å². The maximum atomic E-state index is 11.2. The molecule has 0 radical (unpaired) electrons. The Balaban J connectivity index is 0.000000213. The van der Waals surface area contributed by atoms with Gasteiger partial charge < -0.3 is 0 Å². The summed E-state index contributed by atoms with van der Waals surface area (Å²) in [5, 5.41) is 0.878. The summed E-state index contributed by atoms with van der Waals surface area (Å²) >= 11 is 11.7. The van der Waals surface area contributed by atoms with Gasteiger partial charge in [0.15, 0.2) is 0 Å². The van der Waals surface area contributed by atoms with Crippen LogP contribution in [-0.4, -0.2) is 15.0 Å². The fourth-order valence-electron chi connectivity index (χ4n) is 1.94. The summed E-state index contributed by atoms with van der Waals surface area (Å²) in [6.45, 7) is 0. The zero-order chi connectivity index (χ0) is 16.4. The van der Waals surface area contributed by atoms with E-state index >= 15 is 0 Å². The Kier molecular flexibility index (Phi) is 4.29. The summed E-state index contributed by atoms with van der Waals surface area (Å²) in [4.78, 5) is 21.2. The lowest BCUT2D eigenvalue weighted by atomic mass is 9.95. The summed E-state index contributed by atoms with van der Waals surface area (Å²) in [5.74, 6) is 5.44. The Morgan fingerprint density at radius 3 is 1.91 bits per heavy atom. The third kappa shape index (κ3) is 3.50. The topological polar surface area (TPSA) is 96.7 Å². The molecule has 0 fully saturated rings. The highest BCUT2D eigenvalue weighted by Gasteiger charge is 2.06. The maximum Gasteiger partial charge on any atom is 0.349 e. The number of hydrazine groups is 1. The number of nitrogens with two attached hydrogens (primary N) is 1. The third-order valence-electron chi connectivity index (χ3n) is 3.13. The summed E-state index contributed by atoms with van der Waals surface area (Å²) in [6.07, 6.45) is 0. The monoisotopic (exact) mass is 347 g/mol. The summed E-state index contributed by atoms with van der Waals surface area (Å²) < 4.78 is 0. The first-order valence-electron chi connectivity index (χ1n) is 6.57. The van der Waals surface area contributed by atoms with Crippen molar-refractivity contribution >= 4 is 29.2 Å². The highest BCUT2D eigenvalue weighted by Crippen LogP contribution is 2.29. The van der Waals surface area contributed by atoms with Crippen molar-refractivity contribution < 1.29 is 0 Å². The van der Waals surface area contributed by atoms with Crippen molar-refractivity contribution in [1.82, 2.24) is 15.0 Å². The molecule has 0 saturated carbocycles. The normalized spacial score (nSPS) is 10.6.